The summed E-state index contributed by atoms with van der Waals surface area (Å²) in [5.74, 6) is 0. The van der Waals surface area contributed by atoms with Gasteiger partial charge in [0.1, 0.15) is 0 Å². The van der Waals surface area contributed by atoms with E-state index in [4.69, 9.17) is 0 Å². The predicted molar refractivity (Wildman–Crippen MR) is 297 cm³/mol. The number of aryl methyl sites for hydroxylation is 1. The van der Waals surface area contributed by atoms with Crippen molar-refractivity contribution < 1.29 is 4.11 Å². The summed E-state index contributed by atoms with van der Waals surface area (Å²) in [4.78, 5) is 4.94. The van der Waals surface area contributed by atoms with Crippen LogP contribution in [0.3, 0.4) is 0 Å². The molecule has 10 rings (SSSR count). The monoisotopic (exact) mass is 902 g/mol. The number of hydrogen-bond donors (Lipinski definition) is 0. The average Bonchev–Trinajstić information content (AvgIpc) is 3.27. The second-order valence-electron chi connectivity index (χ2n) is 27.1. The van der Waals surface area contributed by atoms with E-state index in [0.29, 0.717) is 5.56 Å². The van der Waals surface area contributed by atoms with Gasteiger partial charge in [0.25, 0.3) is 6.71 Å². The zero-order valence-corrected chi connectivity index (χ0v) is 44.6. The highest BCUT2D eigenvalue weighted by molar-refractivity contribution is 7.00. The van der Waals surface area contributed by atoms with E-state index >= 15 is 0 Å². The van der Waals surface area contributed by atoms with Gasteiger partial charge in [-0.3, -0.25) is 0 Å². The predicted octanol–water partition coefficient (Wildman–Crippen LogP) is 16.3. The molecule has 0 fully saturated rings. The highest BCUT2D eigenvalue weighted by Gasteiger charge is 2.48. The summed E-state index contributed by atoms with van der Waals surface area (Å²) in [5.41, 5.74) is 21.7. The largest absolute Gasteiger partial charge is 0.311 e. The highest BCUT2D eigenvalue weighted by Crippen LogP contribution is 2.53. The van der Waals surface area contributed by atoms with Crippen LogP contribution in [0.1, 0.15) is 192 Å². The van der Waals surface area contributed by atoms with Crippen LogP contribution < -0.4 is 26.2 Å². The van der Waals surface area contributed by atoms with Crippen molar-refractivity contribution in [2.45, 2.75) is 188 Å². The van der Waals surface area contributed by atoms with Crippen LogP contribution in [0.2, 0.25) is 0 Å². The first kappa shape index (κ1) is 43.0. The Bertz CT molecular complexity index is 3140. The minimum atomic E-state index is -2.38. The maximum atomic E-state index is 9.26. The van der Waals surface area contributed by atoms with Crippen LogP contribution in [-0.2, 0) is 37.9 Å². The maximum absolute atomic E-state index is 9.26. The molecule has 2 heterocycles. The average molecular weight is 902 g/mol. The molecule has 6 aromatic rings. The Morgan fingerprint density at radius 3 is 1.49 bits per heavy atom. The molecule has 0 radical (unpaired) electrons. The molecule has 2 aliphatic heterocycles. The van der Waals surface area contributed by atoms with E-state index in [1.54, 1.807) is 0 Å². The van der Waals surface area contributed by atoms with Gasteiger partial charge in [-0.2, -0.15) is 0 Å². The molecule has 68 heavy (non-hydrogen) atoms. The third-order valence-electron chi connectivity index (χ3n) is 17.2. The summed E-state index contributed by atoms with van der Waals surface area (Å²) in [6.07, 6.45) is 4.46. The van der Waals surface area contributed by atoms with E-state index in [1.165, 1.54) is 49.9 Å². The van der Waals surface area contributed by atoms with Crippen molar-refractivity contribution in [3.05, 3.63) is 148 Å². The number of fused-ring (bicyclic) bond motifs is 6. The third-order valence-corrected chi connectivity index (χ3v) is 17.2. The zero-order valence-electron chi connectivity index (χ0n) is 47.6. The van der Waals surface area contributed by atoms with Crippen molar-refractivity contribution in [3.63, 3.8) is 0 Å². The Kier molecular flexibility index (Phi) is 9.49. The summed E-state index contributed by atoms with van der Waals surface area (Å²) in [7, 11) is 0. The summed E-state index contributed by atoms with van der Waals surface area (Å²) < 4.78 is 27.8. The molecule has 2 nitrogen and oxygen atoms in total. The fraction of sp³-hybridized carbons (Fsp3) is 0.446. The van der Waals surface area contributed by atoms with Gasteiger partial charge in [0, 0.05) is 38.1 Å². The van der Waals surface area contributed by atoms with Gasteiger partial charge in [-0.25, -0.2) is 0 Å². The van der Waals surface area contributed by atoms with Gasteiger partial charge in [0.2, 0.25) is 0 Å². The van der Waals surface area contributed by atoms with E-state index < -0.39 is 6.85 Å². The molecule has 2 aliphatic carbocycles. The molecule has 0 N–H and O–H groups in total. The van der Waals surface area contributed by atoms with Crippen molar-refractivity contribution in [2.24, 2.45) is 0 Å². The van der Waals surface area contributed by atoms with Crippen molar-refractivity contribution in [1.82, 2.24) is 0 Å². The first-order valence-electron chi connectivity index (χ1n) is 27.2. The van der Waals surface area contributed by atoms with Crippen LogP contribution in [0, 0.1) is 6.85 Å². The van der Waals surface area contributed by atoms with Crippen LogP contribution >= 0.6 is 0 Å². The number of hydrogen-bond acceptors (Lipinski definition) is 2. The van der Waals surface area contributed by atoms with E-state index in [0.717, 1.165) is 76.4 Å². The summed E-state index contributed by atoms with van der Waals surface area (Å²) >= 11 is 0. The lowest BCUT2D eigenvalue weighted by atomic mass is 9.33. The maximum Gasteiger partial charge on any atom is 0.252 e. The second kappa shape index (κ2) is 15.0. The molecule has 4 aliphatic rings. The topological polar surface area (TPSA) is 6.48 Å². The van der Waals surface area contributed by atoms with E-state index in [9.17, 15) is 4.11 Å². The van der Waals surface area contributed by atoms with Gasteiger partial charge in [-0.1, -0.05) is 172 Å². The Morgan fingerprint density at radius 2 is 0.912 bits per heavy atom. The highest BCUT2D eigenvalue weighted by atomic mass is 15.2. The van der Waals surface area contributed by atoms with Gasteiger partial charge < -0.3 is 9.80 Å². The Balaban J connectivity index is 1.36. The van der Waals surface area contributed by atoms with Gasteiger partial charge in [0.15, 0.2) is 0 Å². The van der Waals surface area contributed by atoms with Crippen molar-refractivity contribution in [2.75, 3.05) is 9.80 Å². The molecule has 0 bridgehead atoms. The molecular formula is C65H79BN2. The van der Waals surface area contributed by atoms with E-state index in [1.807, 2.05) is 12.1 Å². The quantitative estimate of drug-likeness (QED) is 0.163. The minimum Gasteiger partial charge on any atom is -0.311 e. The summed E-state index contributed by atoms with van der Waals surface area (Å²) in [6.45, 7) is 37.4. The standard InChI is InChI=1S/C65H79BN2/c1-40-33-56-58-57(34-40)68(53-28-24-43(60(5,6)7)35-46(53)41-19-21-42(22-20-41)59(2,3)4)54-36-44(61(8,9)10)23-27-51(54)66(58)52-38-49-50(65(17,18)32-31-64(49,15)16)39-55(52)67(56)45-25-26-47-48(37-45)63(13,14)30-29-62(47,11)12/h19-28,33-39H,29-32H2,1-18H3/i1D3. The lowest BCUT2D eigenvalue weighted by Gasteiger charge is -2.48. The van der Waals surface area contributed by atoms with Crippen LogP contribution in [0.4, 0.5) is 34.1 Å². The fourth-order valence-corrected chi connectivity index (χ4v) is 12.4. The Morgan fingerprint density at radius 1 is 0.426 bits per heavy atom. The first-order chi connectivity index (χ1) is 32.7. The van der Waals surface area contributed by atoms with Crippen molar-refractivity contribution in [3.8, 4) is 11.1 Å². The lowest BCUT2D eigenvalue weighted by Crippen LogP contribution is -2.62. The van der Waals surface area contributed by atoms with Gasteiger partial charge in [0.05, 0.1) is 5.69 Å². The second-order valence-corrected chi connectivity index (χ2v) is 27.1. The number of anilines is 6. The van der Waals surface area contributed by atoms with Crippen molar-refractivity contribution >= 4 is 57.2 Å². The number of benzene rings is 6. The number of nitrogens with zero attached hydrogens (tertiary/aromatic N) is 2. The van der Waals surface area contributed by atoms with Gasteiger partial charge >= 0.3 is 0 Å². The molecule has 3 heteroatoms. The minimum absolute atomic E-state index is 0.00393. The van der Waals surface area contributed by atoms with Crippen molar-refractivity contribution in [1.29, 1.82) is 0 Å². The molecule has 0 atom stereocenters. The molecule has 0 spiro atoms. The summed E-state index contributed by atoms with van der Waals surface area (Å²) in [5, 5.41) is 0. The normalized spacial score (nSPS) is 19.4. The van der Waals surface area contributed by atoms with E-state index in [-0.39, 0.29) is 44.6 Å². The Hall–Kier alpha value is -5.02. The summed E-state index contributed by atoms with van der Waals surface area (Å²) in [6, 6.07) is 39.8. The number of rotatable bonds is 3. The molecule has 0 unspecified atom stereocenters. The molecule has 352 valence electrons. The van der Waals surface area contributed by atoms with Crippen LogP contribution in [-0.4, -0.2) is 6.71 Å². The van der Waals surface area contributed by atoms with Crippen LogP contribution in [0.15, 0.2) is 103 Å². The zero-order chi connectivity index (χ0) is 51.6. The third kappa shape index (κ3) is 7.42. The van der Waals surface area contributed by atoms with Gasteiger partial charge in [-0.05, 0) is 185 Å². The molecular weight excluding hydrogens is 820 g/mol. The molecule has 6 aromatic carbocycles. The van der Waals surface area contributed by atoms with Crippen LogP contribution in [0.5, 0.6) is 0 Å². The smallest absolute Gasteiger partial charge is 0.252 e. The first-order valence-corrected chi connectivity index (χ1v) is 25.7. The molecule has 0 aromatic heterocycles. The fourth-order valence-electron chi connectivity index (χ4n) is 12.4. The SMILES string of the molecule is [2H]C([2H])([2H])c1cc2c3c(c1)N(c1ccc(C(C)(C)C)cc1-c1ccc(C(C)(C)C)cc1)c1cc(C(C)(C)C)ccc1B3c1cc3c(cc1N2c1ccc2c(c1)C(C)(C)CCC2(C)C)C(C)(C)CCC3(C)C. The Labute approximate surface area is 416 Å². The molecule has 0 saturated heterocycles. The van der Waals surface area contributed by atoms with Gasteiger partial charge in [-0.15, -0.1) is 0 Å². The lowest BCUT2D eigenvalue weighted by molar-refractivity contribution is 0.332. The molecule has 0 amide bonds. The van der Waals surface area contributed by atoms with E-state index in [2.05, 4.69) is 218 Å². The van der Waals surface area contributed by atoms with Crippen LogP contribution in [0.25, 0.3) is 11.1 Å². The molecule has 0 saturated carbocycles.